The van der Waals surface area contributed by atoms with Crippen LogP contribution in [-0.2, 0) is 14.3 Å². The van der Waals surface area contributed by atoms with Crippen molar-refractivity contribution in [2.75, 3.05) is 13.2 Å². The Bertz CT molecular complexity index is 216. The molecule has 0 saturated heterocycles. The zero-order valence-corrected chi connectivity index (χ0v) is 10.2. The van der Waals surface area contributed by atoms with Gasteiger partial charge in [-0.25, -0.2) is 0 Å². The number of hydrogen-bond acceptors (Lipinski definition) is 3. The summed E-state index contributed by atoms with van der Waals surface area (Å²) in [6, 6.07) is 0. The Morgan fingerprint density at radius 3 is 2.35 bits per heavy atom. The molecule has 0 spiro atoms. The van der Waals surface area contributed by atoms with Gasteiger partial charge in [-0.15, -0.1) is 0 Å². The minimum Gasteiger partial charge on any atom is -0.453 e. The molecular weight excluding hydrogens is 237 g/mol. The standard InChI is InChI=1S/C11H19F3O3/c1-3-16-8-6-4-5-7-10(11(12,13)14)17-9(2)15/h10H,3-8H2,1-2H3. The van der Waals surface area contributed by atoms with Crippen LogP contribution in [0.3, 0.4) is 0 Å². The zero-order chi connectivity index (χ0) is 13.3. The molecule has 3 nitrogen and oxygen atoms in total. The van der Waals surface area contributed by atoms with Crippen LogP contribution in [0.2, 0.25) is 0 Å². The average molecular weight is 256 g/mol. The summed E-state index contributed by atoms with van der Waals surface area (Å²) in [5.74, 6) is -0.901. The lowest BCUT2D eigenvalue weighted by Gasteiger charge is -2.19. The van der Waals surface area contributed by atoms with E-state index < -0.39 is 18.2 Å². The maximum atomic E-state index is 12.4. The summed E-state index contributed by atoms with van der Waals surface area (Å²) in [5.41, 5.74) is 0. The first-order chi connectivity index (χ1) is 7.88. The van der Waals surface area contributed by atoms with E-state index >= 15 is 0 Å². The van der Waals surface area contributed by atoms with Gasteiger partial charge >= 0.3 is 12.1 Å². The molecule has 0 aliphatic rings. The number of esters is 1. The number of hydrogen-bond donors (Lipinski definition) is 0. The van der Waals surface area contributed by atoms with Crippen LogP contribution in [0.4, 0.5) is 13.2 Å². The zero-order valence-electron chi connectivity index (χ0n) is 10.2. The highest BCUT2D eigenvalue weighted by Crippen LogP contribution is 2.27. The lowest BCUT2D eigenvalue weighted by Crippen LogP contribution is -2.33. The molecule has 17 heavy (non-hydrogen) atoms. The molecule has 0 radical (unpaired) electrons. The maximum Gasteiger partial charge on any atom is 0.425 e. The largest absolute Gasteiger partial charge is 0.453 e. The van der Waals surface area contributed by atoms with Gasteiger partial charge in [0.05, 0.1) is 0 Å². The molecule has 102 valence electrons. The molecule has 0 saturated carbocycles. The minimum absolute atomic E-state index is 0.185. The lowest BCUT2D eigenvalue weighted by molar-refractivity contribution is -0.221. The molecule has 0 amide bonds. The number of rotatable bonds is 8. The minimum atomic E-state index is -4.48. The van der Waals surface area contributed by atoms with Gasteiger partial charge in [0.25, 0.3) is 0 Å². The van der Waals surface area contributed by atoms with Crippen LogP contribution in [0.5, 0.6) is 0 Å². The van der Waals surface area contributed by atoms with Crippen LogP contribution in [0.15, 0.2) is 0 Å². The summed E-state index contributed by atoms with van der Waals surface area (Å²) >= 11 is 0. The fourth-order valence-corrected chi connectivity index (χ4v) is 1.34. The predicted molar refractivity (Wildman–Crippen MR) is 56.6 cm³/mol. The van der Waals surface area contributed by atoms with Gasteiger partial charge in [-0.2, -0.15) is 13.2 Å². The normalized spacial score (nSPS) is 13.5. The summed E-state index contributed by atoms with van der Waals surface area (Å²) in [6.07, 6.45) is -4.93. The van der Waals surface area contributed by atoms with Crippen molar-refractivity contribution < 1.29 is 27.4 Å². The maximum absolute atomic E-state index is 12.4. The molecule has 0 rings (SSSR count). The van der Waals surface area contributed by atoms with Gasteiger partial charge in [0.2, 0.25) is 0 Å². The van der Waals surface area contributed by atoms with E-state index in [4.69, 9.17) is 4.74 Å². The van der Waals surface area contributed by atoms with Crippen LogP contribution in [0.25, 0.3) is 0 Å². The summed E-state index contributed by atoms with van der Waals surface area (Å²) in [7, 11) is 0. The van der Waals surface area contributed by atoms with E-state index in [1.807, 2.05) is 6.92 Å². The molecule has 0 aromatic heterocycles. The van der Waals surface area contributed by atoms with E-state index in [-0.39, 0.29) is 6.42 Å². The Balaban J connectivity index is 3.81. The summed E-state index contributed by atoms with van der Waals surface area (Å²) in [5, 5.41) is 0. The van der Waals surface area contributed by atoms with Crippen molar-refractivity contribution in [3.05, 3.63) is 0 Å². The van der Waals surface area contributed by atoms with E-state index in [1.165, 1.54) is 0 Å². The fraction of sp³-hybridized carbons (Fsp3) is 0.909. The Hall–Kier alpha value is -0.780. The molecule has 0 fully saturated rings. The molecule has 0 heterocycles. The van der Waals surface area contributed by atoms with Gasteiger partial charge in [-0.3, -0.25) is 4.79 Å². The van der Waals surface area contributed by atoms with Crippen molar-refractivity contribution in [2.45, 2.75) is 51.8 Å². The molecule has 0 aliphatic carbocycles. The number of carbonyl (C=O) groups is 1. The second kappa shape index (κ2) is 8.33. The first-order valence-electron chi connectivity index (χ1n) is 5.69. The smallest absolute Gasteiger partial charge is 0.425 e. The molecular formula is C11H19F3O3. The summed E-state index contributed by atoms with van der Waals surface area (Å²) < 4.78 is 46.5. The molecule has 0 aromatic carbocycles. The highest BCUT2D eigenvalue weighted by molar-refractivity contribution is 5.66. The van der Waals surface area contributed by atoms with Crippen molar-refractivity contribution >= 4 is 5.97 Å². The average Bonchev–Trinajstić information content (AvgIpc) is 2.19. The third-order valence-electron chi connectivity index (χ3n) is 2.13. The molecule has 6 heteroatoms. The van der Waals surface area contributed by atoms with Gasteiger partial charge in [-0.1, -0.05) is 6.42 Å². The number of halogens is 3. The third-order valence-corrected chi connectivity index (χ3v) is 2.13. The first-order valence-corrected chi connectivity index (χ1v) is 5.69. The Morgan fingerprint density at radius 1 is 1.24 bits per heavy atom. The SMILES string of the molecule is CCOCCCCCC(OC(C)=O)C(F)(F)F. The Kier molecular flexibility index (Phi) is 7.95. The van der Waals surface area contributed by atoms with Crippen molar-refractivity contribution in [3.63, 3.8) is 0 Å². The Labute approximate surface area is 99.3 Å². The molecule has 0 aliphatic heterocycles. The van der Waals surface area contributed by atoms with Crippen molar-refractivity contribution in [1.29, 1.82) is 0 Å². The van der Waals surface area contributed by atoms with E-state index in [9.17, 15) is 18.0 Å². The van der Waals surface area contributed by atoms with E-state index in [0.29, 0.717) is 26.1 Å². The number of carbonyl (C=O) groups excluding carboxylic acids is 1. The van der Waals surface area contributed by atoms with Gasteiger partial charge in [0.15, 0.2) is 6.10 Å². The van der Waals surface area contributed by atoms with Crippen LogP contribution in [0, 0.1) is 0 Å². The van der Waals surface area contributed by atoms with E-state index in [1.54, 1.807) is 0 Å². The number of alkyl halides is 3. The molecule has 0 bridgehead atoms. The number of ether oxygens (including phenoxy) is 2. The predicted octanol–water partition coefficient (Wildman–Crippen LogP) is 3.08. The fourth-order valence-electron chi connectivity index (χ4n) is 1.34. The molecule has 0 N–H and O–H groups in total. The second-order valence-corrected chi connectivity index (χ2v) is 3.69. The second-order valence-electron chi connectivity index (χ2n) is 3.69. The van der Waals surface area contributed by atoms with Crippen molar-refractivity contribution in [3.8, 4) is 0 Å². The quantitative estimate of drug-likeness (QED) is 0.494. The van der Waals surface area contributed by atoms with Crippen molar-refractivity contribution in [1.82, 2.24) is 0 Å². The topological polar surface area (TPSA) is 35.5 Å². The van der Waals surface area contributed by atoms with Crippen LogP contribution < -0.4 is 0 Å². The van der Waals surface area contributed by atoms with E-state index in [0.717, 1.165) is 13.3 Å². The number of unbranched alkanes of at least 4 members (excludes halogenated alkanes) is 2. The van der Waals surface area contributed by atoms with Crippen LogP contribution in [0.1, 0.15) is 39.5 Å². The van der Waals surface area contributed by atoms with Gasteiger partial charge in [-0.05, 0) is 26.2 Å². The highest BCUT2D eigenvalue weighted by Gasteiger charge is 2.41. The lowest BCUT2D eigenvalue weighted by atomic mass is 10.1. The van der Waals surface area contributed by atoms with Crippen molar-refractivity contribution in [2.24, 2.45) is 0 Å². The summed E-state index contributed by atoms with van der Waals surface area (Å²) in [4.78, 5) is 10.5. The Morgan fingerprint density at radius 2 is 1.88 bits per heavy atom. The first kappa shape index (κ1) is 16.2. The van der Waals surface area contributed by atoms with Crippen LogP contribution >= 0.6 is 0 Å². The molecule has 1 unspecified atom stereocenters. The monoisotopic (exact) mass is 256 g/mol. The van der Waals surface area contributed by atoms with Gasteiger partial charge in [0, 0.05) is 20.1 Å². The van der Waals surface area contributed by atoms with E-state index in [2.05, 4.69) is 4.74 Å². The molecule has 1 atom stereocenters. The highest BCUT2D eigenvalue weighted by atomic mass is 19.4. The third kappa shape index (κ3) is 8.97. The van der Waals surface area contributed by atoms with Gasteiger partial charge in [0.1, 0.15) is 0 Å². The molecule has 0 aromatic rings. The summed E-state index contributed by atoms with van der Waals surface area (Å²) in [6.45, 7) is 4.01. The van der Waals surface area contributed by atoms with Gasteiger partial charge < -0.3 is 9.47 Å². The van der Waals surface area contributed by atoms with Crippen LogP contribution in [-0.4, -0.2) is 31.5 Å².